The SMILES string of the molecule is CC[C@]1(c2ccccc2)[C@H](C(=O)OC(C)(C)C)N=CN1P(c1ccccc1)c1ccccc1. The molecule has 0 aliphatic carbocycles. The normalized spacial score (nSPS) is 20.3. The zero-order chi connectivity index (χ0) is 23.5. The fourth-order valence-corrected chi connectivity index (χ4v) is 7.03. The zero-order valence-corrected chi connectivity index (χ0v) is 20.6. The third-order valence-corrected chi connectivity index (χ3v) is 8.31. The van der Waals surface area contributed by atoms with Crippen LogP contribution in [0, 0.1) is 0 Å². The third-order valence-electron chi connectivity index (χ3n) is 5.85. The smallest absolute Gasteiger partial charge is 0.334 e. The molecule has 1 aliphatic rings. The van der Waals surface area contributed by atoms with Crippen molar-refractivity contribution in [3.05, 3.63) is 96.6 Å². The van der Waals surface area contributed by atoms with Gasteiger partial charge < -0.3 is 9.41 Å². The number of hydrogen-bond acceptors (Lipinski definition) is 4. The van der Waals surface area contributed by atoms with E-state index in [0.717, 1.165) is 5.56 Å². The molecule has 0 fully saturated rings. The molecule has 2 atom stereocenters. The quantitative estimate of drug-likeness (QED) is 0.367. The molecule has 170 valence electrons. The van der Waals surface area contributed by atoms with Gasteiger partial charge in [-0.1, -0.05) is 97.9 Å². The van der Waals surface area contributed by atoms with Crippen LogP contribution in [0.15, 0.2) is 96.0 Å². The molecular weight excluding hydrogens is 427 g/mol. The predicted molar refractivity (Wildman–Crippen MR) is 137 cm³/mol. The second-order valence-electron chi connectivity index (χ2n) is 9.17. The molecular formula is C28H31N2O2P. The topological polar surface area (TPSA) is 41.9 Å². The maximum Gasteiger partial charge on any atom is 0.334 e. The summed E-state index contributed by atoms with van der Waals surface area (Å²) in [6, 6.07) is 30.6. The minimum absolute atomic E-state index is 0.289. The Morgan fingerprint density at radius 1 is 0.909 bits per heavy atom. The maximum absolute atomic E-state index is 13.5. The molecule has 0 spiro atoms. The first-order valence-corrected chi connectivity index (χ1v) is 12.7. The van der Waals surface area contributed by atoms with Gasteiger partial charge in [0.2, 0.25) is 0 Å². The molecule has 4 rings (SSSR count). The van der Waals surface area contributed by atoms with Crippen molar-refractivity contribution < 1.29 is 9.53 Å². The van der Waals surface area contributed by atoms with Crippen molar-refractivity contribution in [3.8, 4) is 0 Å². The highest BCUT2D eigenvalue weighted by Crippen LogP contribution is 2.53. The number of hydrogen-bond donors (Lipinski definition) is 0. The number of rotatable bonds is 6. The Morgan fingerprint density at radius 3 is 1.85 bits per heavy atom. The minimum atomic E-state index is -0.978. The first-order chi connectivity index (χ1) is 15.9. The van der Waals surface area contributed by atoms with E-state index in [0.29, 0.717) is 6.42 Å². The highest BCUT2D eigenvalue weighted by molar-refractivity contribution is 7.71. The standard InChI is InChI=1S/C28H31N2O2P/c1-5-28(22-15-9-6-10-16-22)25(26(31)32-27(2,3)4)29-21-30(28)33(23-17-11-7-12-18-23)24-19-13-8-14-20-24/h6-21,25H,5H2,1-4H3/t25-,28-/m0/s1. The van der Waals surface area contributed by atoms with E-state index in [9.17, 15) is 4.79 Å². The molecule has 0 bridgehead atoms. The van der Waals surface area contributed by atoms with Gasteiger partial charge in [-0.3, -0.25) is 4.99 Å². The maximum atomic E-state index is 13.5. The molecule has 0 aromatic heterocycles. The van der Waals surface area contributed by atoms with E-state index < -0.39 is 25.3 Å². The number of carbonyl (C=O) groups excluding carboxylic acids is 1. The molecule has 5 heteroatoms. The second kappa shape index (κ2) is 9.49. The van der Waals surface area contributed by atoms with Gasteiger partial charge >= 0.3 is 5.97 Å². The number of nitrogens with zero attached hydrogens (tertiary/aromatic N) is 2. The van der Waals surface area contributed by atoms with Crippen LogP contribution in [-0.4, -0.2) is 28.6 Å². The lowest BCUT2D eigenvalue weighted by Gasteiger charge is -2.45. The molecule has 3 aromatic rings. The summed E-state index contributed by atoms with van der Waals surface area (Å²) in [7, 11) is -0.978. The average molecular weight is 459 g/mol. The monoisotopic (exact) mass is 458 g/mol. The molecule has 0 saturated carbocycles. The number of carbonyl (C=O) groups is 1. The fourth-order valence-electron chi connectivity index (χ4n) is 4.44. The lowest BCUT2D eigenvalue weighted by molar-refractivity contribution is -0.158. The van der Waals surface area contributed by atoms with E-state index in [-0.39, 0.29) is 5.97 Å². The zero-order valence-electron chi connectivity index (χ0n) is 19.7. The van der Waals surface area contributed by atoms with Crippen molar-refractivity contribution in [1.82, 2.24) is 4.67 Å². The van der Waals surface area contributed by atoms with Crippen LogP contribution in [0.5, 0.6) is 0 Å². The van der Waals surface area contributed by atoms with Gasteiger partial charge in [-0.2, -0.15) is 0 Å². The lowest BCUT2D eigenvalue weighted by Crippen LogP contribution is -2.52. The largest absolute Gasteiger partial charge is 0.458 e. The summed E-state index contributed by atoms with van der Waals surface area (Å²) in [4.78, 5) is 18.3. The lowest BCUT2D eigenvalue weighted by atomic mass is 9.81. The number of ether oxygens (including phenoxy) is 1. The molecule has 1 aliphatic heterocycles. The molecule has 1 heterocycles. The molecule has 3 aromatic carbocycles. The van der Waals surface area contributed by atoms with E-state index in [1.54, 1.807) is 0 Å². The highest BCUT2D eigenvalue weighted by Gasteiger charge is 2.54. The molecule has 0 unspecified atom stereocenters. The third kappa shape index (κ3) is 4.58. The Bertz CT molecular complexity index is 1060. The van der Waals surface area contributed by atoms with Crippen LogP contribution in [0.25, 0.3) is 0 Å². The van der Waals surface area contributed by atoms with E-state index in [1.807, 2.05) is 57.4 Å². The van der Waals surface area contributed by atoms with Crippen molar-refractivity contribution in [1.29, 1.82) is 0 Å². The van der Waals surface area contributed by atoms with Crippen LogP contribution < -0.4 is 10.6 Å². The molecule has 0 saturated heterocycles. The van der Waals surface area contributed by atoms with Crippen molar-refractivity contribution in [2.45, 2.75) is 51.3 Å². The number of benzene rings is 3. The first-order valence-electron chi connectivity index (χ1n) is 11.4. The average Bonchev–Trinajstić information content (AvgIpc) is 3.20. The number of esters is 1. The van der Waals surface area contributed by atoms with Gasteiger partial charge in [0.25, 0.3) is 0 Å². The van der Waals surface area contributed by atoms with Gasteiger partial charge in [-0.15, -0.1) is 0 Å². The molecule has 0 N–H and O–H groups in total. The fraction of sp³-hybridized carbons (Fsp3) is 0.286. The van der Waals surface area contributed by atoms with Crippen LogP contribution in [0.2, 0.25) is 0 Å². The van der Waals surface area contributed by atoms with Gasteiger partial charge in [-0.25, -0.2) is 4.79 Å². The Labute approximate surface area is 198 Å². The highest BCUT2D eigenvalue weighted by atomic mass is 31.1. The molecule has 4 nitrogen and oxygen atoms in total. The summed E-state index contributed by atoms with van der Waals surface area (Å²) < 4.78 is 8.20. The summed E-state index contributed by atoms with van der Waals surface area (Å²) in [6.07, 6.45) is 2.59. The summed E-state index contributed by atoms with van der Waals surface area (Å²) >= 11 is 0. The summed E-state index contributed by atoms with van der Waals surface area (Å²) in [6.45, 7) is 7.84. The Balaban J connectivity index is 1.90. The van der Waals surface area contributed by atoms with Crippen LogP contribution in [0.4, 0.5) is 0 Å². The Morgan fingerprint density at radius 2 is 1.39 bits per heavy atom. The van der Waals surface area contributed by atoms with Crippen LogP contribution in [0.1, 0.15) is 39.7 Å². The van der Waals surface area contributed by atoms with Crippen LogP contribution >= 0.6 is 8.07 Å². The van der Waals surface area contributed by atoms with Crippen LogP contribution in [0.3, 0.4) is 0 Å². The van der Waals surface area contributed by atoms with Crippen molar-refractivity contribution in [2.75, 3.05) is 0 Å². The van der Waals surface area contributed by atoms with Gasteiger partial charge in [0.1, 0.15) is 11.1 Å². The number of aliphatic imine (C=N–C) groups is 1. The molecule has 33 heavy (non-hydrogen) atoms. The van der Waals surface area contributed by atoms with E-state index in [2.05, 4.69) is 72.3 Å². The van der Waals surface area contributed by atoms with Crippen molar-refractivity contribution in [2.24, 2.45) is 4.99 Å². The second-order valence-corrected chi connectivity index (χ2v) is 11.3. The van der Waals surface area contributed by atoms with E-state index in [1.165, 1.54) is 10.6 Å². The Kier molecular flexibility index (Phi) is 6.67. The van der Waals surface area contributed by atoms with Gasteiger partial charge in [0.05, 0.1) is 14.4 Å². The summed E-state index contributed by atoms with van der Waals surface area (Å²) in [5.41, 5.74) is -0.166. The van der Waals surface area contributed by atoms with Gasteiger partial charge in [0.15, 0.2) is 6.04 Å². The predicted octanol–water partition coefficient (Wildman–Crippen LogP) is 5.39. The van der Waals surface area contributed by atoms with Gasteiger partial charge in [0, 0.05) is 10.6 Å². The van der Waals surface area contributed by atoms with Crippen molar-refractivity contribution in [3.63, 3.8) is 0 Å². The Hall–Kier alpha value is -2.97. The minimum Gasteiger partial charge on any atom is -0.458 e. The molecule has 0 amide bonds. The summed E-state index contributed by atoms with van der Waals surface area (Å²) in [5.74, 6) is -0.289. The summed E-state index contributed by atoms with van der Waals surface area (Å²) in [5, 5.41) is 2.42. The van der Waals surface area contributed by atoms with Gasteiger partial charge in [-0.05, 0) is 32.8 Å². The molecule has 0 radical (unpaired) electrons. The van der Waals surface area contributed by atoms with E-state index >= 15 is 0 Å². The van der Waals surface area contributed by atoms with Crippen LogP contribution in [-0.2, 0) is 15.1 Å². The first kappa shape index (κ1) is 23.2. The van der Waals surface area contributed by atoms with E-state index in [4.69, 9.17) is 9.73 Å². The van der Waals surface area contributed by atoms with Crippen molar-refractivity contribution >= 4 is 31.0 Å².